The van der Waals surface area contributed by atoms with E-state index in [0.717, 1.165) is 16.7 Å². The number of aryl methyl sites for hydroxylation is 3. The number of rotatable bonds is 2. The van der Waals surface area contributed by atoms with Crippen molar-refractivity contribution in [1.29, 1.82) is 0 Å². The fraction of sp³-hybridized carbons (Fsp3) is 0.333. The molecule has 0 bridgehead atoms. The first-order chi connectivity index (χ1) is 6.00. The van der Waals surface area contributed by atoms with E-state index in [9.17, 15) is 4.57 Å². The second kappa shape index (κ2) is 3.86. The molecule has 0 fully saturated rings. The first kappa shape index (κ1) is 10.2. The normalized spacial score (nSPS) is 11.2. The molecule has 0 radical (unpaired) electrons. The summed E-state index contributed by atoms with van der Waals surface area (Å²) in [6.07, 6.45) is 0. The summed E-state index contributed by atoms with van der Waals surface area (Å²) in [7, 11) is -2.57. The van der Waals surface area contributed by atoms with E-state index >= 15 is 0 Å². The molecule has 1 aromatic rings. The van der Waals surface area contributed by atoms with Crippen molar-refractivity contribution in [2.75, 3.05) is 0 Å². The summed E-state index contributed by atoms with van der Waals surface area (Å²) in [5.41, 5.74) is 2.89. The van der Waals surface area contributed by atoms with E-state index in [1.807, 2.05) is 32.9 Å². The molecular weight excluding hydrogens is 187 g/mol. The van der Waals surface area contributed by atoms with Crippen LogP contribution in [0.2, 0.25) is 0 Å². The zero-order chi connectivity index (χ0) is 10.0. The highest BCUT2D eigenvalue weighted by molar-refractivity contribution is 7.32. The Morgan fingerprint density at radius 2 is 1.69 bits per heavy atom. The second-order valence-corrected chi connectivity index (χ2v) is 3.72. The van der Waals surface area contributed by atoms with Crippen LogP contribution in [-0.4, -0.2) is 4.89 Å². The molecule has 0 amide bonds. The van der Waals surface area contributed by atoms with Gasteiger partial charge in [0.1, 0.15) is 0 Å². The van der Waals surface area contributed by atoms with Crippen LogP contribution in [-0.2, 0) is 4.57 Å². The molecular formula is C9H12O3P+. The van der Waals surface area contributed by atoms with E-state index in [0.29, 0.717) is 5.75 Å². The Morgan fingerprint density at radius 1 is 1.23 bits per heavy atom. The Bertz CT molecular complexity index is 324. The Hall–Kier alpha value is -0.920. The minimum Gasteiger partial charge on any atom is -0.229 e. The van der Waals surface area contributed by atoms with Crippen LogP contribution in [0.3, 0.4) is 0 Å². The van der Waals surface area contributed by atoms with Gasteiger partial charge in [-0.15, -0.1) is 4.89 Å². The van der Waals surface area contributed by atoms with Crippen molar-refractivity contribution in [1.82, 2.24) is 0 Å². The smallest absolute Gasteiger partial charge is 0.229 e. The van der Waals surface area contributed by atoms with E-state index in [1.54, 1.807) is 0 Å². The first-order valence-corrected chi connectivity index (χ1v) is 5.05. The van der Waals surface area contributed by atoms with Crippen LogP contribution < -0.4 is 4.52 Å². The lowest BCUT2D eigenvalue weighted by Gasteiger charge is -2.03. The first-order valence-electron chi connectivity index (χ1n) is 3.92. The summed E-state index contributed by atoms with van der Waals surface area (Å²) in [6, 6.07) is 3.84. The summed E-state index contributed by atoms with van der Waals surface area (Å²) in [5.74, 6) is 0.509. The topological polar surface area (TPSA) is 46.5 Å². The summed E-state index contributed by atoms with van der Waals surface area (Å²) < 4.78 is 15.3. The van der Waals surface area contributed by atoms with Crippen LogP contribution in [0.5, 0.6) is 5.75 Å². The lowest BCUT2D eigenvalue weighted by molar-refractivity contribution is 0.408. The molecule has 0 aliphatic heterocycles. The molecule has 0 aliphatic rings. The Labute approximate surface area is 78.3 Å². The molecule has 0 aliphatic carbocycles. The summed E-state index contributed by atoms with van der Waals surface area (Å²) in [4.78, 5) is 8.61. The molecule has 0 aromatic heterocycles. The maximum absolute atomic E-state index is 10.5. The maximum atomic E-state index is 10.5. The van der Waals surface area contributed by atoms with Crippen molar-refractivity contribution in [3.63, 3.8) is 0 Å². The molecule has 1 unspecified atom stereocenters. The molecule has 13 heavy (non-hydrogen) atoms. The highest BCUT2D eigenvalue weighted by Crippen LogP contribution is 2.30. The van der Waals surface area contributed by atoms with Crippen LogP contribution in [0, 0.1) is 20.8 Å². The minimum absolute atomic E-state index is 0.509. The third-order valence-corrected chi connectivity index (χ3v) is 2.11. The number of hydrogen-bond acceptors (Lipinski definition) is 2. The van der Waals surface area contributed by atoms with E-state index in [4.69, 9.17) is 9.42 Å². The second-order valence-electron chi connectivity index (χ2n) is 3.06. The monoisotopic (exact) mass is 199 g/mol. The molecule has 0 saturated carbocycles. The predicted octanol–water partition coefficient (Wildman–Crippen LogP) is 2.64. The fourth-order valence-electron chi connectivity index (χ4n) is 1.39. The van der Waals surface area contributed by atoms with Crippen molar-refractivity contribution in [3.05, 3.63) is 28.8 Å². The van der Waals surface area contributed by atoms with Gasteiger partial charge in [-0.05, 0) is 31.9 Å². The summed E-state index contributed by atoms with van der Waals surface area (Å²) in [5, 5.41) is 0. The number of hydrogen-bond donors (Lipinski definition) is 1. The Morgan fingerprint density at radius 3 is 2.08 bits per heavy atom. The van der Waals surface area contributed by atoms with Gasteiger partial charge in [0, 0.05) is 4.57 Å². The van der Waals surface area contributed by atoms with E-state index in [1.165, 1.54) is 0 Å². The molecule has 1 atom stereocenters. The van der Waals surface area contributed by atoms with Gasteiger partial charge in [-0.1, -0.05) is 17.7 Å². The molecule has 0 saturated heterocycles. The van der Waals surface area contributed by atoms with Crippen LogP contribution in [0.4, 0.5) is 0 Å². The van der Waals surface area contributed by atoms with E-state index in [2.05, 4.69) is 0 Å². The van der Waals surface area contributed by atoms with E-state index < -0.39 is 8.25 Å². The molecule has 1 rings (SSSR count). The van der Waals surface area contributed by atoms with Crippen LogP contribution in [0.1, 0.15) is 16.7 Å². The van der Waals surface area contributed by atoms with E-state index in [-0.39, 0.29) is 0 Å². The van der Waals surface area contributed by atoms with Crippen LogP contribution in [0.25, 0.3) is 0 Å². The fourth-order valence-corrected chi connectivity index (χ4v) is 1.83. The largest absolute Gasteiger partial charge is 0.747 e. The average Bonchev–Trinajstić information content (AvgIpc) is 1.96. The van der Waals surface area contributed by atoms with Crippen molar-refractivity contribution in [3.8, 4) is 5.75 Å². The van der Waals surface area contributed by atoms with Gasteiger partial charge in [-0.3, -0.25) is 0 Å². The molecule has 1 aromatic carbocycles. The average molecular weight is 199 g/mol. The quantitative estimate of drug-likeness (QED) is 0.744. The predicted molar refractivity (Wildman–Crippen MR) is 51.1 cm³/mol. The maximum Gasteiger partial charge on any atom is 0.747 e. The Kier molecular flexibility index (Phi) is 3.02. The van der Waals surface area contributed by atoms with Gasteiger partial charge in [-0.2, -0.15) is 0 Å². The lowest BCUT2D eigenvalue weighted by Crippen LogP contribution is -1.90. The highest BCUT2D eigenvalue weighted by Gasteiger charge is 2.18. The third kappa shape index (κ3) is 2.51. The van der Waals surface area contributed by atoms with Gasteiger partial charge >= 0.3 is 8.25 Å². The zero-order valence-corrected chi connectivity index (χ0v) is 8.76. The van der Waals surface area contributed by atoms with Gasteiger partial charge in [0.15, 0.2) is 5.75 Å². The van der Waals surface area contributed by atoms with Crippen molar-refractivity contribution in [2.24, 2.45) is 0 Å². The summed E-state index contributed by atoms with van der Waals surface area (Å²) >= 11 is 0. The molecule has 0 spiro atoms. The van der Waals surface area contributed by atoms with Crippen LogP contribution >= 0.6 is 8.25 Å². The lowest BCUT2D eigenvalue weighted by atomic mass is 10.1. The molecule has 1 N–H and O–H groups in total. The van der Waals surface area contributed by atoms with Crippen molar-refractivity contribution >= 4 is 8.25 Å². The zero-order valence-electron chi connectivity index (χ0n) is 7.87. The standard InChI is InChI=1S/C9H11O3P/c1-6-4-7(2)9(8(3)5-6)12-13(10)11/h4-5H,1-3H3/p+1. The van der Waals surface area contributed by atoms with Gasteiger partial charge in [-0.25, -0.2) is 4.52 Å². The molecule has 70 valence electrons. The highest BCUT2D eigenvalue weighted by atomic mass is 31.1. The molecule has 0 heterocycles. The molecule has 4 heteroatoms. The third-order valence-electron chi connectivity index (χ3n) is 1.77. The van der Waals surface area contributed by atoms with Gasteiger partial charge in [0.2, 0.25) is 0 Å². The van der Waals surface area contributed by atoms with Crippen molar-refractivity contribution in [2.45, 2.75) is 20.8 Å². The molecule has 3 nitrogen and oxygen atoms in total. The van der Waals surface area contributed by atoms with Crippen molar-refractivity contribution < 1.29 is 14.0 Å². The van der Waals surface area contributed by atoms with Gasteiger partial charge in [0.05, 0.1) is 0 Å². The summed E-state index contributed by atoms with van der Waals surface area (Å²) in [6.45, 7) is 5.69. The SMILES string of the molecule is Cc1cc(C)c(O[P+](=O)O)c(C)c1. The Balaban J connectivity index is 3.13. The van der Waals surface area contributed by atoms with Gasteiger partial charge < -0.3 is 0 Å². The number of benzene rings is 1. The van der Waals surface area contributed by atoms with Gasteiger partial charge in [0.25, 0.3) is 0 Å². The van der Waals surface area contributed by atoms with Crippen LogP contribution in [0.15, 0.2) is 12.1 Å². The minimum atomic E-state index is -2.57.